The molecule has 0 bridgehead atoms. The second-order valence-corrected chi connectivity index (χ2v) is 20.8. The van der Waals surface area contributed by atoms with Gasteiger partial charge in [-0.15, -0.1) is 0 Å². The molecular weight excluding hydrogens is 917 g/mol. The summed E-state index contributed by atoms with van der Waals surface area (Å²) in [6.07, 6.45) is 3.19. The molecule has 0 spiro atoms. The molecule has 0 aliphatic carbocycles. The predicted molar refractivity (Wildman–Crippen MR) is 275 cm³/mol. The molecule has 72 heavy (non-hydrogen) atoms. The first kappa shape index (κ1) is 49.0. The number of likely N-dealkylation sites (tertiary alicyclic amines) is 2. The number of alkyl halides is 2. The van der Waals surface area contributed by atoms with E-state index in [1.807, 2.05) is 73.3 Å². The lowest BCUT2D eigenvalue weighted by Gasteiger charge is -2.42. The number of hydrogen-bond acceptors (Lipinski definition) is 9. The maximum atomic E-state index is 16.4. The summed E-state index contributed by atoms with van der Waals surface area (Å²) in [7, 11) is 1.69. The number of carbonyl (C=O) groups excluding carboxylic acids is 4. The van der Waals surface area contributed by atoms with Crippen LogP contribution in [0.4, 0.5) is 20.2 Å². The van der Waals surface area contributed by atoms with E-state index in [9.17, 15) is 28.4 Å². The lowest BCUT2D eigenvalue weighted by Crippen LogP contribution is -2.52. The summed E-state index contributed by atoms with van der Waals surface area (Å²) in [6, 6.07) is 22.2. The standard InChI is InChI=1S/C56H65F2N9O5/c1-35-8-12-40(61-47-33-59-32-46(47)57)30-45(35)52(69)60-36(2)42-14-11-38(43-6-4-5-7-44(42)43)10-9-37-18-24-64(25-19-37)34-56(58)22-28-66(29-23-56)54(71)39-20-26-65(27-21-39)41-13-15-48-50(31-41)63(3)55(72)67(48)49-16-17-51(68)62-53(49)70/h4-8,11-15,30-31,36-37,39,46-47,49,59,61H,16-29,32-34H2,1-3H3,(H,60,69)(H,62,68,70)/t36-,46+,47+,49?/m1/s1. The van der Waals surface area contributed by atoms with E-state index in [-0.39, 0.29) is 60.2 Å². The Balaban J connectivity index is 0.688. The molecule has 5 aliphatic heterocycles. The maximum absolute atomic E-state index is 16.4. The van der Waals surface area contributed by atoms with Crippen LogP contribution < -0.4 is 31.9 Å². The highest BCUT2D eigenvalue weighted by atomic mass is 19.1. The molecule has 5 aromatic rings. The van der Waals surface area contributed by atoms with Crippen molar-refractivity contribution in [1.82, 2.24) is 34.9 Å². The molecule has 5 saturated heterocycles. The SMILES string of the molecule is Cc1ccc(N[C@H]2CNC[C@@H]2F)cc1C(=O)N[C@H](C)c1ccc(C#CC2CCN(CC3(F)CCN(C(=O)C4CCN(c5ccc6c(c5)n(C)c(=O)n6C5CCC(=O)NC5=O)CC4)CC3)CC2)c2ccccc12. The fraction of sp³-hybridized carbons (Fsp3) is 0.482. The van der Waals surface area contributed by atoms with Crippen molar-refractivity contribution < 1.29 is 28.0 Å². The highest BCUT2D eigenvalue weighted by molar-refractivity contribution is 6.00. The summed E-state index contributed by atoms with van der Waals surface area (Å²) in [5.74, 6) is 6.20. The van der Waals surface area contributed by atoms with Crippen LogP contribution in [0.2, 0.25) is 0 Å². The van der Waals surface area contributed by atoms with Crippen LogP contribution in [0.1, 0.15) is 97.4 Å². The van der Waals surface area contributed by atoms with Gasteiger partial charge in [0.1, 0.15) is 17.9 Å². The minimum atomic E-state index is -1.35. The van der Waals surface area contributed by atoms with Crippen molar-refractivity contribution in [2.75, 3.05) is 69.1 Å². The van der Waals surface area contributed by atoms with E-state index in [0.717, 1.165) is 59.1 Å². The molecular formula is C56H65F2N9O5. The molecule has 5 aliphatic rings. The van der Waals surface area contributed by atoms with Crippen LogP contribution in [0, 0.1) is 30.6 Å². The van der Waals surface area contributed by atoms with Crippen LogP contribution in [0.5, 0.6) is 0 Å². The molecule has 4 atom stereocenters. The van der Waals surface area contributed by atoms with Gasteiger partial charge in [0.15, 0.2) is 0 Å². The first-order chi connectivity index (χ1) is 34.7. The number of rotatable bonds is 10. The van der Waals surface area contributed by atoms with Gasteiger partial charge in [0.05, 0.1) is 23.1 Å². The molecule has 6 heterocycles. The van der Waals surface area contributed by atoms with Crippen molar-refractivity contribution in [2.24, 2.45) is 18.9 Å². The Kier molecular flexibility index (Phi) is 14.0. The largest absolute Gasteiger partial charge is 0.378 e. The number of nitrogens with zero attached hydrogens (tertiary/aromatic N) is 5. The molecule has 10 rings (SSSR count). The van der Waals surface area contributed by atoms with Gasteiger partial charge in [-0.25, -0.2) is 13.6 Å². The number of aromatic nitrogens is 2. The highest BCUT2D eigenvalue weighted by Gasteiger charge is 2.40. The molecule has 5 fully saturated rings. The number of benzene rings is 4. The van der Waals surface area contributed by atoms with Crippen LogP contribution in [0.3, 0.4) is 0 Å². The van der Waals surface area contributed by atoms with E-state index in [2.05, 4.69) is 55.0 Å². The molecule has 378 valence electrons. The van der Waals surface area contributed by atoms with Crippen molar-refractivity contribution in [3.8, 4) is 11.8 Å². The molecule has 4 N–H and O–H groups in total. The number of amides is 4. The summed E-state index contributed by atoms with van der Waals surface area (Å²) in [4.78, 5) is 71.4. The van der Waals surface area contributed by atoms with Crippen LogP contribution >= 0.6 is 0 Å². The predicted octanol–water partition coefficient (Wildman–Crippen LogP) is 6.30. The van der Waals surface area contributed by atoms with Gasteiger partial charge in [0, 0.05) is 106 Å². The smallest absolute Gasteiger partial charge is 0.329 e. The van der Waals surface area contributed by atoms with Gasteiger partial charge in [-0.05, 0) is 117 Å². The van der Waals surface area contributed by atoms with Crippen LogP contribution in [0.15, 0.2) is 77.6 Å². The van der Waals surface area contributed by atoms with Gasteiger partial charge < -0.3 is 30.7 Å². The quantitative estimate of drug-likeness (QED) is 0.0934. The number of aryl methyl sites for hydroxylation is 2. The number of nitrogens with one attached hydrogen (secondary N) is 4. The second kappa shape index (κ2) is 20.5. The highest BCUT2D eigenvalue weighted by Crippen LogP contribution is 2.34. The third kappa shape index (κ3) is 10.1. The molecule has 14 nitrogen and oxygen atoms in total. The second-order valence-electron chi connectivity index (χ2n) is 20.8. The molecule has 0 radical (unpaired) electrons. The topological polar surface area (TPSA) is 153 Å². The maximum Gasteiger partial charge on any atom is 0.329 e. The Labute approximate surface area is 418 Å². The third-order valence-corrected chi connectivity index (χ3v) is 16.0. The number of imidazole rings is 1. The normalized spacial score (nSPS) is 22.7. The zero-order valence-electron chi connectivity index (χ0n) is 41.4. The van der Waals surface area contributed by atoms with Crippen LogP contribution in [-0.2, 0) is 21.4 Å². The zero-order chi connectivity index (χ0) is 50.3. The Morgan fingerprint density at radius 1 is 0.861 bits per heavy atom. The number of imide groups is 1. The number of piperidine rings is 4. The first-order valence-electron chi connectivity index (χ1n) is 25.8. The monoisotopic (exact) mass is 982 g/mol. The van der Waals surface area contributed by atoms with Gasteiger partial charge in [-0.1, -0.05) is 48.2 Å². The average Bonchev–Trinajstić information content (AvgIpc) is 3.90. The zero-order valence-corrected chi connectivity index (χ0v) is 41.4. The lowest BCUT2D eigenvalue weighted by molar-refractivity contribution is -0.139. The minimum absolute atomic E-state index is 0.108. The number of anilines is 2. The van der Waals surface area contributed by atoms with Crippen LogP contribution in [-0.4, -0.2) is 119 Å². The lowest BCUT2D eigenvalue weighted by atomic mass is 9.88. The van der Waals surface area contributed by atoms with E-state index >= 15 is 4.39 Å². The van der Waals surface area contributed by atoms with E-state index in [4.69, 9.17) is 0 Å². The van der Waals surface area contributed by atoms with Crippen LogP contribution in [0.25, 0.3) is 21.8 Å². The van der Waals surface area contributed by atoms with Crippen molar-refractivity contribution in [1.29, 1.82) is 0 Å². The van der Waals surface area contributed by atoms with Gasteiger partial charge >= 0.3 is 5.69 Å². The third-order valence-electron chi connectivity index (χ3n) is 16.0. The number of carbonyl (C=O) groups is 4. The van der Waals surface area contributed by atoms with Gasteiger partial charge in [-0.3, -0.25) is 33.6 Å². The van der Waals surface area contributed by atoms with Crippen molar-refractivity contribution in [2.45, 2.75) is 95.2 Å². The minimum Gasteiger partial charge on any atom is -0.378 e. The van der Waals surface area contributed by atoms with E-state index < -0.39 is 23.8 Å². The summed E-state index contributed by atoms with van der Waals surface area (Å²) in [5.41, 5.74) is 4.64. The van der Waals surface area contributed by atoms with Gasteiger partial charge in [0.2, 0.25) is 17.7 Å². The molecule has 4 amide bonds. The Bertz CT molecular complexity index is 3030. The molecule has 4 aromatic carbocycles. The summed E-state index contributed by atoms with van der Waals surface area (Å²) < 4.78 is 33.8. The Morgan fingerprint density at radius 3 is 2.33 bits per heavy atom. The van der Waals surface area contributed by atoms with Crippen molar-refractivity contribution in [3.63, 3.8) is 0 Å². The number of hydrogen-bond donors (Lipinski definition) is 4. The van der Waals surface area contributed by atoms with Gasteiger partial charge in [-0.2, -0.15) is 0 Å². The molecule has 16 heteroatoms. The average molecular weight is 982 g/mol. The van der Waals surface area contributed by atoms with E-state index in [0.29, 0.717) is 93.8 Å². The summed E-state index contributed by atoms with van der Waals surface area (Å²) in [5, 5.41) is 13.9. The first-order valence-corrected chi connectivity index (χ1v) is 25.8. The number of fused-ring (bicyclic) bond motifs is 2. The fourth-order valence-electron chi connectivity index (χ4n) is 11.6. The fourth-order valence-corrected chi connectivity index (χ4v) is 11.6. The molecule has 1 unspecified atom stereocenters. The Morgan fingerprint density at radius 2 is 1.61 bits per heavy atom. The van der Waals surface area contributed by atoms with E-state index in [1.165, 1.54) is 9.13 Å². The van der Waals surface area contributed by atoms with Crippen molar-refractivity contribution >= 4 is 56.8 Å². The Hall–Kier alpha value is -6.57. The van der Waals surface area contributed by atoms with Gasteiger partial charge in [0.25, 0.3) is 5.91 Å². The molecule has 0 saturated carbocycles. The van der Waals surface area contributed by atoms with Crippen molar-refractivity contribution in [3.05, 3.63) is 106 Å². The number of halogens is 2. The summed E-state index contributed by atoms with van der Waals surface area (Å²) in [6.45, 7) is 8.81. The summed E-state index contributed by atoms with van der Waals surface area (Å²) >= 11 is 0. The van der Waals surface area contributed by atoms with E-state index in [1.54, 1.807) is 13.1 Å². The molecule has 1 aromatic heterocycles.